The number of rotatable bonds is 6. The van der Waals surface area contributed by atoms with Crippen LogP contribution in [-0.4, -0.2) is 39.2 Å². The molecule has 9 nitrogen and oxygen atoms in total. The minimum Gasteiger partial charge on any atom is -0.478 e. The van der Waals surface area contributed by atoms with Gasteiger partial charge in [-0.05, 0) is 62.2 Å². The number of ether oxygens (including phenoxy) is 2. The summed E-state index contributed by atoms with van der Waals surface area (Å²) >= 11 is 5.83. The third-order valence-corrected chi connectivity index (χ3v) is 5.65. The van der Waals surface area contributed by atoms with E-state index in [9.17, 15) is 27.9 Å². The van der Waals surface area contributed by atoms with Gasteiger partial charge in [-0.3, -0.25) is 4.90 Å². The Hall–Kier alpha value is -4.06. The van der Waals surface area contributed by atoms with Crippen LogP contribution in [0.15, 0.2) is 48.8 Å². The Morgan fingerprint density at radius 3 is 2.54 bits per heavy atom. The molecule has 1 aliphatic rings. The summed E-state index contributed by atoms with van der Waals surface area (Å²) in [6.07, 6.45) is -3.10. The molecule has 2 amide bonds. The second-order valence-electron chi connectivity index (χ2n) is 8.53. The molecule has 2 N–H and O–H groups in total. The molecular formula is C24H20ClF3N4O5. The van der Waals surface area contributed by atoms with Crippen LogP contribution in [-0.2, 0) is 17.4 Å². The largest absolute Gasteiger partial charge is 0.478 e. The van der Waals surface area contributed by atoms with E-state index in [1.165, 1.54) is 23.4 Å². The fourth-order valence-corrected chi connectivity index (χ4v) is 3.71. The molecule has 1 aliphatic heterocycles. The molecule has 0 unspecified atom stereocenters. The molecule has 3 aromatic rings. The molecule has 0 bridgehead atoms. The SMILES string of the molecule is CC(C)(Oc1ccc(NC(=O)N2CCc3cc(Oc4cc(Cl)ncn4)ccc32)cc1C(F)(F)F)C(=O)O. The quantitative estimate of drug-likeness (QED) is 0.384. The number of aromatic nitrogens is 2. The Morgan fingerprint density at radius 1 is 1.11 bits per heavy atom. The molecule has 13 heteroatoms. The Balaban J connectivity index is 1.51. The number of alkyl halides is 3. The second kappa shape index (κ2) is 9.77. The number of halogens is 4. The van der Waals surface area contributed by atoms with Crippen molar-refractivity contribution >= 4 is 35.0 Å². The average molecular weight is 537 g/mol. The summed E-state index contributed by atoms with van der Waals surface area (Å²) in [6, 6.07) is 8.71. The number of carboxylic acids is 1. The van der Waals surface area contributed by atoms with Crippen molar-refractivity contribution in [2.24, 2.45) is 0 Å². The first-order chi connectivity index (χ1) is 17.3. The summed E-state index contributed by atoms with van der Waals surface area (Å²) in [5.41, 5.74) is -1.88. The molecule has 0 atom stereocenters. The number of carbonyl (C=O) groups is 2. The van der Waals surface area contributed by atoms with Gasteiger partial charge < -0.3 is 19.9 Å². The number of carbonyl (C=O) groups excluding carboxylic acids is 1. The number of fused-ring (bicyclic) bond motifs is 1. The standard InChI is InChI=1S/C24H20ClF3N4O5/c1-23(2,21(33)34)37-18-6-3-14(10-16(18)24(26,27)28)31-22(35)32-8-7-13-9-15(4-5-17(13)32)36-20-11-19(25)29-12-30-20/h3-6,9-12H,7-8H2,1-2H3,(H,31,35)(H,33,34). The second-order valence-corrected chi connectivity index (χ2v) is 8.92. The third-order valence-electron chi connectivity index (χ3n) is 5.44. The lowest BCUT2D eigenvalue weighted by molar-refractivity contribution is -0.155. The van der Waals surface area contributed by atoms with Crippen LogP contribution < -0.4 is 19.7 Å². The summed E-state index contributed by atoms with van der Waals surface area (Å²) < 4.78 is 51.8. The fraction of sp³-hybridized carbons (Fsp3) is 0.250. The van der Waals surface area contributed by atoms with Crippen molar-refractivity contribution in [2.45, 2.75) is 32.0 Å². The van der Waals surface area contributed by atoms with Crippen LogP contribution >= 0.6 is 11.6 Å². The lowest BCUT2D eigenvalue weighted by Gasteiger charge is -2.24. The van der Waals surface area contributed by atoms with Crippen molar-refractivity contribution in [1.82, 2.24) is 9.97 Å². The van der Waals surface area contributed by atoms with Crippen molar-refractivity contribution < 1.29 is 37.3 Å². The number of aliphatic carboxylic acids is 1. The average Bonchev–Trinajstić information content (AvgIpc) is 3.22. The van der Waals surface area contributed by atoms with Crippen molar-refractivity contribution in [1.29, 1.82) is 0 Å². The predicted molar refractivity (Wildman–Crippen MR) is 127 cm³/mol. The Labute approximate surface area is 213 Å². The molecule has 0 fully saturated rings. The number of nitrogens with one attached hydrogen (secondary N) is 1. The van der Waals surface area contributed by atoms with Crippen LogP contribution in [0.5, 0.6) is 17.4 Å². The van der Waals surface area contributed by atoms with Crippen LogP contribution in [0.25, 0.3) is 0 Å². The molecular weight excluding hydrogens is 517 g/mol. The maximum atomic E-state index is 13.7. The highest BCUT2D eigenvalue weighted by Gasteiger charge is 2.38. The van der Waals surface area contributed by atoms with Gasteiger partial charge in [0.15, 0.2) is 5.60 Å². The first kappa shape index (κ1) is 26.0. The van der Waals surface area contributed by atoms with Gasteiger partial charge in [-0.25, -0.2) is 19.6 Å². The van der Waals surface area contributed by atoms with E-state index < -0.39 is 35.1 Å². The number of urea groups is 1. The molecule has 2 aromatic carbocycles. The van der Waals surface area contributed by atoms with Crippen molar-refractivity contribution in [2.75, 3.05) is 16.8 Å². The van der Waals surface area contributed by atoms with Gasteiger partial charge in [0.05, 0.1) is 5.56 Å². The van der Waals surface area contributed by atoms with Gasteiger partial charge in [0.25, 0.3) is 0 Å². The van der Waals surface area contributed by atoms with E-state index in [1.54, 1.807) is 18.2 Å². The molecule has 0 spiro atoms. The highest BCUT2D eigenvalue weighted by Crippen LogP contribution is 2.40. The number of hydrogen-bond acceptors (Lipinski definition) is 6. The lowest BCUT2D eigenvalue weighted by Crippen LogP contribution is -2.38. The van der Waals surface area contributed by atoms with E-state index in [-0.39, 0.29) is 16.7 Å². The van der Waals surface area contributed by atoms with E-state index >= 15 is 0 Å². The topological polar surface area (TPSA) is 114 Å². The van der Waals surface area contributed by atoms with Gasteiger partial charge in [0.2, 0.25) is 5.88 Å². The lowest BCUT2D eigenvalue weighted by atomic mass is 10.1. The van der Waals surface area contributed by atoms with Gasteiger partial charge in [-0.15, -0.1) is 0 Å². The van der Waals surface area contributed by atoms with Gasteiger partial charge in [0.1, 0.15) is 23.0 Å². The van der Waals surface area contributed by atoms with Crippen LogP contribution in [0.3, 0.4) is 0 Å². The number of benzene rings is 2. The summed E-state index contributed by atoms with van der Waals surface area (Å²) in [5.74, 6) is -1.39. The summed E-state index contributed by atoms with van der Waals surface area (Å²) in [7, 11) is 0. The third kappa shape index (κ3) is 5.85. The van der Waals surface area contributed by atoms with Crippen molar-refractivity contribution in [3.05, 3.63) is 65.1 Å². The number of anilines is 2. The molecule has 2 heterocycles. The fourth-order valence-electron chi connectivity index (χ4n) is 3.57. The zero-order valence-electron chi connectivity index (χ0n) is 19.5. The first-order valence-electron chi connectivity index (χ1n) is 10.8. The minimum absolute atomic E-state index is 0.133. The molecule has 0 aliphatic carbocycles. The number of amides is 2. The van der Waals surface area contributed by atoms with Crippen LogP contribution in [0.1, 0.15) is 25.0 Å². The molecule has 4 rings (SSSR count). The van der Waals surface area contributed by atoms with Crippen LogP contribution in [0.2, 0.25) is 5.15 Å². The highest BCUT2D eigenvalue weighted by atomic mass is 35.5. The normalized spacial score (nSPS) is 13.2. The van der Waals surface area contributed by atoms with Gasteiger partial charge in [-0.2, -0.15) is 13.2 Å². The molecule has 0 radical (unpaired) electrons. The molecule has 194 valence electrons. The minimum atomic E-state index is -4.85. The van der Waals surface area contributed by atoms with E-state index in [0.29, 0.717) is 30.5 Å². The van der Waals surface area contributed by atoms with Gasteiger partial charge in [0, 0.05) is 24.0 Å². The van der Waals surface area contributed by atoms with Crippen LogP contribution in [0.4, 0.5) is 29.3 Å². The van der Waals surface area contributed by atoms with E-state index in [1.807, 2.05) is 0 Å². The van der Waals surface area contributed by atoms with Crippen LogP contribution in [0, 0.1) is 0 Å². The van der Waals surface area contributed by atoms with Gasteiger partial charge in [-0.1, -0.05) is 11.6 Å². The van der Waals surface area contributed by atoms with Crippen molar-refractivity contribution in [3.63, 3.8) is 0 Å². The molecule has 0 saturated carbocycles. The van der Waals surface area contributed by atoms with E-state index in [4.69, 9.17) is 21.1 Å². The smallest absolute Gasteiger partial charge is 0.420 e. The van der Waals surface area contributed by atoms with Crippen molar-refractivity contribution in [3.8, 4) is 17.4 Å². The monoisotopic (exact) mass is 536 g/mol. The first-order valence-corrected chi connectivity index (χ1v) is 11.2. The van der Waals surface area contributed by atoms with Gasteiger partial charge >= 0.3 is 18.2 Å². The zero-order valence-corrected chi connectivity index (χ0v) is 20.2. The number of hydrogen-bond donors (Lipinski definition) is 2. The molecule has 1 aromatic heterocycles. The Bertz CT molecular complexity index is 1370. The zero-order chi connectivity index (χ0) is 27.0. The number of carboxylic acid groups (broad SMARTS) is 1. The summed E-state index contributed by atoms with van der Waals surface area (Å²) in [4.78, 5) is 33.3. The highest BCUT2D eigenvalue weighted by molar-refractivity contribution is 6.29. The predicted octanol–water partition coefficient (Wildman–Crippen LogP) is 5.78. The maximum Gasteiger partial charge on any atom is 0.420 e. The van der Waals surface area contributed by atoms with E-state index in [2.05, 4.69) is 15.3 Å². The molecule has 37 heavy (non-hydrogen) atoms. The molecule has 0 saturated heterocycles. The summed E-state index contributed by atoms with van der Waals surface area (Å²) in [5, 5.41) is 11.9. The number of nitrogens with zero attached hydrogens (tertiary/aromatic N) is 3. The Morgan fingerprint density at radius 2 is 1.86 bits per heavy atom. The van der Waals surface area contributed by atoms with E-state index in [0.717, 1.165) is 25.5 Å². The Kier molecular flexibility index (Phi) is 6.87. The summed E-state index contributed by atoms with van der Waals surface area (Å²) in [6.45, 7) is 2.56. The maximum absolute atomic E-state index is 13.7.